The highest BCUT2D eigenvalue weighted by atomic mass is 32.2. The highest BCUT2D eigenvalue weighted by Crippen LogP contribution is 2.30. The number of hydrogen-bond donors (Lipinski definition) is 2. The maximum atomic E-state index is 12.5. The van der Waals surface area contributed by atoms with E-state index in [2.05, 4.69) is 10.4 Å². The number of nitro benzene ring substituents is 2. The van der Waals surface area contributed by atoms with Crippen LogP contribution in [0.1, 0.15) is 16.1 Å². The first kappa shape index (κ1) is 22.4. The Morgan fingerprint density at radius 1 is 1.09 bits per heavy atom. The zero-order valence-electron chi connectivity index (χ0n) is 16.5. The maximum absolute atomic E-state index is 12.5. The van der Waals surface area contributed by atoms with Crippen molar-refractivity contribution in [1.82, 2.24) is 9.78 Å². The van der Waals surface area contributed by atoms with Crippen LogP contribution in [0.4, 0.5) is 17.2 Å². The van der Waals surface area contributed by atoms with Gasteiger partial charge >= 0.3 is 0 Å². The average molecular weight is 456 g/mol. The fourth-order valence-corrected chi connectivity index (χ4v) is 3.56. The van der Waals surface area contributed by atoms with E-state index in [1.165, 1.54) is 41.1 Å². The summed E-state index contributed by atoms with van der Waals surface area (Å²) in [5, 5.41) is 29.1. The lowest BCUT2D eigenvalue weighted by Crippen LogP contribution is -2.17. The molecule has 0 saturated carbocycles. The van der Waals surface area contributed by atoms with Crippen molar-refractivity contribution in [3.05, 3.63) is 80.0 Å². The Hall–Kier alpha value is -4.26. The fraction of sp³-hybridized carbons (Fsp3) is 0.105. The molecule has 0 spiro atoms. The summed E-state index contributed by atoms with van der Waals surface area (Å²) in [4.78, 5) is 44.9. The summed E-state index contributed by atoms with van der Waals surface area (Å²) in [6.07, 6.45) is 0. The topological polar surface area (TPSA) is 176 Å². The van der Waals surface area contributed by atoms with Crippen LogP contribution in [0.5, 0.6) is 0 Å². The molecule has 13 heteroatoms. The molecule has 1 heterocycles. The Morgan fingerprint density at radius 3 is 2.38 bits per heavy atom. The number of nitro groups is 2. The number of nitrogens with one attached hydrogen (secondary N) is 1. The highest BCUT2D eigenvalue weighted by Gasteiger charge is 2.19. The molecule has 3 rings (SSSR count). The summed E-state index contributed by atoms with van der Waals surface area (Å²) in [7, 11) is 0. The largest absolute Gasteiger partial charge is 0.366 e. The van der Waals surface area contributed by atoms with Gasteiger partial charge in [-0.05, 0) is 31.2 Å². The van der Waals surface area contributed by atoms with Crippen LogP contribution >= 0.6 is 11.8 Å². The molecule has 0 aliphatic rings. The molecule has 0 bridgehead atoms. The predicted molar refractivity (Wildman–Crippen MR) is 116 cm³/mol. The molecule has 1 aromatic heterocycles. The zero-order chi connectivity index (χ0) is 23.4. The van der Waals surface area contributed by atoms with E-state index in [1.807, 2.05) is 0 Å². The average Bonchev–Trinajstić information content (AvgIpc) is 3.11. The number of non-ortho nitro benzene ring substituents is 1. The highest BCUT2D eigenvalue weighted by molar-refractivity contribution is 8.00. The van der Waals surface area contributed by atoms with Gasteiger partial charge in [0.15, 0.2) is 0 Å². The number of nitrogens with two attached hydrogens (primary N) is 1. The van der Waals surface area contributed by atoms with Crippen LogP contribution in [-0.2, 0) is 4.79 Å². The van der Waals surface area contributed by atoms with Crippen LogP contribution in [0.2, 0.25) is 0 Å². The molecule has 164 valence electrons. The van der Waals surface area contributed by atoms with Gasteiger partial charge in [-0.25, -0.2) is 4.68 Å². The number of carbonyl (C=O) groups excluding carboxylic acids is 2. The smallest absolute Gasteiger partial charge is 0.283 e. The minimum atomic E-state index is -0.794. The third kappa shape index (κ3) is 5.07. The monoisotopic (exact) mass is 456 g/mol. The normalized spacial score (nSPS) is 10.5. The molecule has 2 aromatic carbocycles. The summed E-state index contributed by atoms with van der Waals surface area (Å²) >= 11 is 0.926. The van der Waals surface area contributed by atoms with Gasteiger partial charge in [-0.1, -0.05) is 0 Å². The summed E-state index contributed by atoms with van der Waals surface area (Å²) in [5.41, 5.74) is 5.84. The molecule has 2 amide bonds. The first-order chi connectivity index (χ1) is 15.2. The third-order valence-electron chi connectivity index (χ3n) is 4.20. The first-order valence-corrected chi connectivity index (χ1v) is 9.96. The second-order valence-corrected chi connectivity index (χ2v) is 7.51. The van der Waals surface area contributed by atoms with Gasteiger partial charge in [0.2, 0.25) is 11.8 Å². The van der Waals surface area contributed by atoms with E-state index in [-0.39, 0.29) is 27.6 Å². The Bertz CT molecular complexity index is 1220. The molecular formula is C19H16N6O6S. The van der Waals surface area contributed by atoms with Crippen molar-refractivity contribution in [2.24, 2.45) is 5.73 Å². The number of hydrogen-bond acceptors (Lipinski definition) is 8. The van der Waals surface area contributed by atoms with E-state index in [4.69, 9.17) is 5.73 Å². The molecule has 3 N–H and O–H groups in total. The lowest BCUT2D eigenvalue weighted by Gasteiger charge is -2.09. The number of anilines is 1. The van der Waals surface area contributed by atoms with Crippen molar-refractivity contribution in [1.29, 1.82) is 0 Å². The number of primary amides is 1. The lowest BCUT2D eigenvalue weighted by molar-refractivity contribution is -0.387. The Labute approximate surface area is 184 Å². The number of carbonyl (C=O) groups is 2. The number of thioether (sulfide) groups is 1. The third-order valence-corrected chi connectivity index (χ3v) is 5.27. The summed E-state index contributed by atoms with van der Waals surface area (Å²) in [5.74, 6) is -1.06. The standard InChI is InChI=1S/C19H16N6O6S/c1-11-8-17(23(22-11)13-3-5-14(6-4-13)24(28)29)21-18(26)10-32-16-7-2-12(19(20)27)9-15(16)25(30)31/h2-9H,10H2,1H3,(H2,20,27)(H,21,26). The van der Waals surface area contributed by atoms with Gasteiger partial charge in [0.25, 0.3) is 11.4 Å². The Balaban J connectivity index is 1.74. The molecule has 0 atom stereocenters. The molecule has 0 aliphatic carbocycles. The molecule has 0 aliphatic heterocycles. The number of aromatic nitrogens is 2. The van der Waals surface area contributed by atoms with Crippen LogP contribution in [0, 0.1) is 27.2 Å². The second-order valence-electron chi connectivity index (χ2n) is 6.50. The van der Waals surface area contributed by atoms with Crippen LogP contribution in [0.3, 0.4) is 0 Å². The van der Waals surface area contributed by atoms with E-state index < -0.39 is 21.7 Å². The van der Waals surface area contributed by atoms with Gasteiger partial charge in [0.1, 0.15) is 5.82 Å². The number of nitrogens with zero attached hydrogens (tertiary/aromatic N) is 4. The van der Waals surface area contributed by atoms with Crippen LogP contribution in [-0.4, -0.2) is 37.2 Å². The van der Waals surface area contributed by atoms with Crippen molar-refractivity contribution in [3.8, 4) is 5.69 Å². The SMILES string of the molecule is Cc1cc(NC(=O)CSc2ccc(C(N)=O)cc2[N+](=O)[O-])n(-c2ccc([N+](=O)[O-])cc2)n1. The molecule has 32 heavy (non-hydrogen) atoms. The molecular weight excluding hydrogens is 440 g/mol. The summed E-state index contributed by atoms with van der Waals surface area (Å²) < 4.78 is 1.42. The minimum Gasteiger partial charge on any atom is -0.366 e. The van der Waals surface area contributed by atoms with Crippen molar-refractivity contribution in [2.45, 2.75) is 11.8 Å². The van der Waals surface area contributed by atoms with Gasteiger partial charge in [0, 0.05) is 29.8 Å². The molecule has 12 nitrogen and oxygen atoms in total. The summed E-state index contributed by atoms with van der Waals surface area (Å²) in [6.45, 7) is 1.72. The number of rotatable bonds is 8. The fourth-order valence-electron chi connectivity index (χ4n) is 2.76. The van der Waals surface area contributed by atoms with E-state index in [0.29, 0.717) is 17.2 Å². The van der Waals surface area contributed by atoms with Crippen molar-refractivity contribution >= 4 is 40.8 Å². The van der Waals surface area contributed by atoms with E-state index >= 15 is 0 Å². The second kappa shape index (κ2) is 9.26. The number of benzene rings is 2. The zero-order valence-corrected chi connectivity index (χ0v) is 17.4. The van der Waals surface area contributed by atoms with Crippen molar-refractivity contribution in [3.63, 3.8) is 0 Å². The summed E-state index contributed by atoms with van der Waals surface area (Å²) in [6, 6.07) is 11.0. The van der Waals surface area contributed by atoms with Crippen LogP contribution in [0.15, 0.2) is 53.4 Å². The van der Waals surface area contributed by atoms with Gasteiger partial charge < -0.3 is 11.1 Å². The minimum absolute atomic E-state index is 0.00650. The first-order valence-electron chi connectivity index (χ1n) is 8.98. The van der Waals surface area contributed by atoms with Crippen molar-refractivity contribution in [2.75, 3.05) is 11.1 Å². The Kier molecular flexibility index (Phi) is 6.49. The number of amides is 2. The molecule has 3 aromatic rings. The van der Waals surface area contributed by atoms with E-state index in [1.54, 1.807) is 13.0 Å². The van der Waals surface area contributed by atoms with E-state index in [9.17, 15) is 29.8 Å². The van der Waals surface area contributed by atoms with Gasteiger partial charge in [-0.2, -0.15) is 5.10 Å². The van der Waals surface area contributed by atoms with Crippen molar-refractivity contribution < 1.29 is 19.4 Å². The van der Waals surface area contributed by atoms with Crippen LogP contribution < -0.4 is 11.1 Å². The molecule has 0 saturated heterocycles. The van der Waals surface area contributed by atoms with Gasteiger partial charge in [0.05, 0.1) is 31.9 Å². The number of aryl methyl sites for hydroxylation is 1. The maximum Gasteiger partial charge on any atom is 0.283 e. The molecule has 0 radical (unpaired) electrons. The van der Waals surface area contributed by atoms with Gasteiger partial charge in [-0.15, -0.1) is 11.8 Å². The quantitative estimate of drug-likeness (QED) is 0.295. The lowest BCUT2D eigenvalue weighted by atomic mass is 10.2. The molecule has 0 fully saturated rings. The van der Waals surface area contributed by atoms with E-state index in [0.717, 1.165) is 17.8 Å². The Morgan fingerprint density at radius 2 is 1.78 bits per heavy atom. The molecule has 0 unspecified atom stereocenters. The predicted octanol–water partition coefficient (Wildman–Crippen LogP) is 2.83. The van der Waals surface area contributed by atoms with Gasteiger partial charge in [-0.3, -0.25) is 29.8 Å². The van der Waals surface area contributed by atoms with Crippen LogP contribution in [0.25, 0.3) is 5.69 Å².